The van der Waals surface area contributed by atoms with Gasteiger partial charge in [-0.15, -0.1) is 11.3 Å². The highest BCUT2D eigenvalue weighted by Crippen LogP contribution is 2.24. The Hall–Kier alpha value is -2.72. The lowest BCUT2D eigenvalue weighted by atomic mass is 10.2. The summed E-state index contributed by atoms with van der Waals surface area (Å²) in [5, 5.41) is 4.56. The number of hydrogen-bond donors (Lipinski definition) is 1. The first-order chi connectivity index (χ1) is 15.3. The molecule has 2 aromatic carbocycles. The van der Waals surface area contributed by atoms with E-state index in [-0.39, 0.29) is 22.0 Å². The second kappa shape index (κ2) is 10.7. The van der Waals surface area contributed by atoms with Crippen molar-refractivity contribution in [3.8, 4) is 0 Å². The molecule has 1 N–H and O–H groups in total. The van der Waals surface area contributed by atoms with Crippen LogP contribution in [0, 0.1) is 0 Å². The third-order valence-electron chi connectivity index (χ3n) is 4.49. The predicted molar refractivity (Wildman–Crippen MR) is 123 cm³/mol. The van der Waals surface area contributed by atoms with Gasteiger partial charge in [-0.3, -0.25) is 4.79 Å². The summed E-state index contributed by atoms with van der Waals surface area (Å²) in [6.07, 6.45) is 0. The van der Waals surface area contributed by atoms with Crippen molar-refractivity contribution in [1.82, 2.24) is 9.62 Å². The van der Waals surface area contributed by atoms with Gasteiger partial charge in [0, 0.05) is 18.5 Å². The number of hydrogen-bond acceptors (Lipinski definition) is 6. The van der Waals surface area contributed by atoms with E-state index < -0.39 is 28.5 Å². The van der Waals surface area contributed by atoms with Crippen LogP contribution in [0.2, 0.25) is 5.02 Å². The molecule has 32 heavy (non-hydrogen) atoms. The lowest BCUT2D eigenvalue weighted by Crippen LogP contribution is -2.28. The van der Waals surface area contributed by atoms with Crippen molar-refractivity contribution >= 4 is 44.8 Å². The van der Waals surface area contributed by atoms with E-state index in [1.165, 1.54) is 34.8 Å². The zero-order valence-corrected chi connectivity index (χ0v) is 19.5. The van der Waals surface area contributed by atoms with Gasteiger partial charge in [-0.1, -0.05) is 48.0 Å². The summed E-state index contributed by atoms with van der Waals surface area (Å²) in [5.74, 6) is -1.36. The average Bonchev–Trinajstić information content (AvgIpc) is 3.30. The number of nitrogens with one attached hydrogen (secondary N) is 1. The van der Waals surface area contributed by atoms with Gasteiger partial charge in [-0.25, -0.2) is 13.2 Å². The van der Waals surface area contributed by atoms with Crippen LogP contribution in [0.5, 0.6) is 0 Å². The molecule has 0 aliphatic heterocycles. The van der Waals surface area contributed by atoms with Gasteiger partial charge in [0.25, 0.3) is 5.91 Å². The Kier molecular flexibility index (Phi) is 8.03. The van der Waals surface area contributed by atoms with Crippen molar-refractivity contribution in [3.63, 3.8) is 0 Å². The Labute approximate surface area is 195 Å². The van der Waals surface area contributed by atoms with E-state index in [0.717, 1.165) is 16.5 Å². The van der Waals surface area contributed by atoms with E-state index in [9.17, 15) is 18.0 Å². The van der Waals surface area contributed by atoms with Gasteiger partial charge in [0.15, 0.2) is 6.61 Å². The van der Waals surface area contributed by atoms with E-state index >= 15 is 0 Å². The van der Waals surface area contributed by atoms with Gasteiger partial charge in [0.1, 0.15) is 0 Å². The molecule has 10 heteroatoms. The summed E-state index contributed by atoms with van der Waals surface area (Å²) < 4.78 is 32.1. The van der Waals surface area contributed by atoms with Crippen molar-refractivity contribution < 1.29 is 22.7 Å². The largest absolute Gasteiger partial charge is 0.452 e. The number of carbonyl (C=O) groups is 2. The molecule has 0 saturated carbocycles. The minimum atomic E-state index is -3.89. The number of nitrogens with zero attached hydrogens (tertiary/aromatic N) is 1. The van der Waals surface area contributed by atoms with Gasteiger partial charge >= 0.3 is 5.97 Å². The number of esters is 1. The molecule has 0 spiro atoms. The average molecular weight is 493 g/mol. The quantitative estimate of drug-likeness (QED) is 0.460. The number of rotatable bonds is 9. The summed E-state index contributed by atoms with van der Waals surface area (Å²) in [4.78, 5) is 25.2. The summed E-state index contributed by atoms with van der Waals surface area (Å²) in [6.45, 7) is -0.0162. The fourth-order valence-corrected chi connectivity index (χ4v) is 4.81. The molecule has 1 amide bonds. The summed E-state index contributed by atoms with van der Waals surface area (Å²) in [6, 6.07) is 16.7. The first-order valence-corrected chi connectivity index (χ1v) is 12.2. The Morgan fingerprint density at radius 1 is 1.09 bits per heavy atom. The van der Waals surface area contributed by atoms with Gasteiger partial charge in [-0.2, -0.15) is 4.31 Å². The van der Waals surface area contributed by atoms with Gasteiger partial charge in [0.05, 0.1) is 22.0 Å². The van der Waals surface area contributed by atoms with Crippen LogP contribution in [-0.2, 0) is 32.6 Å². The normalized spacial score (nSPS) is 11.3. The molecule has 168 valence electrons. The molecule has 1 heterocycles. The molecule has 0 unspecified atom stereocenters. The number of carbonyl (C=O) groups excluding carboxylic acids is 2. The fourth-order valence-electron chi connectivity index (χ4n) is 2.79. The van der Waals surface area contributed by atoms with Crippen molar-refractivity contribution in [2.45, 2.75) is 18.0 Å². The highest BCUT2D eigenvalue weighted by atomic mass is 35.5. The van der Waals surface area contributed by atoms with Crippen LogP contribution in [0.25, 0.3) is 0 Å². The fraction of sp³-hybridized carbons (Fsp3) is 0.182. The van der Waals surface area contributed by atoms with E-state index in [1.54, 1.807) is 0 Å². The maximum Gasteiger partial charge on any atom is 0.340 e. The minimum Gasteiger partial charge on any atom is -0.452 e. The molecule has 0 aliphatic rings. The summed E-state index contributed by atoms with van der Waals surface area (Å²) in [7, 11) is -2.43. The number of ether oxygens (including phenoxy) is 1. The monoisotopic (exact) mass is 492 g/mol. The minimum absolute atomic E-state index is 0.0265. The van der Waals surface area contributed by atoms with Gasteiger partial charge in [-0.05, 0) is 35.2 Å². The molecular weight excluding hydrogens is 472 g/mol. The smallest absolute Gasteiger partial charge is 0.340 e. The zero-order valence-electron chi connectivity index (χ0n) is 17.2. The SMILES string of the molecule is CN(Cc1ccccc1)S(=O)(=O)c1ccc(Cl)c(C(=O)OCC(=O)NCc2cccs2)c1. The molecule has 0 aliphatic carbocycles. The highest BCUT2D eigenvalue weighted by Gasteiger charge is 2.24. The molecule has 0 fully saturated rings. The van der Waals surface area contributed by atoms with Crippen LogP contribution in [0.15, 0.2) is 70.9 Å². The van der Waals surface area contributed by atoms with E-state index in [4.69, 9.17) is 16.3 Å². The first-order valence-electron chi connectivity index (χ1n) is 9.53. The van der Waals surface area contributed by atoms with Crippen LogP contribution >= 0.6 is 22.9 Å². The van der Waals surface area contributed by atoms with Crippen molar-refractivity contribution in [1.29, 1.82) is 0 Å². The highest BCUT2D eigenvalue weighted by molar-refractivity contribution is 7.89. The molecule has 1 aromatic heterocycles. The second-order valence-electron chi connectivity index (χ2n) is 6.82. The molecule has 0 bridgehead atoms. The van der Waals surface area contributed by atoms with Crippen molar-refractivity contribution in [2.24, 2.45) is 0 Å². The Bertz CT molecular complexity index is 1180. The van der Waals surface area contributed by atoms with Crippen LogP contribution in [0.1, 0.15) is 20.8 Å². The first kappa shape index (κ1) is 23.9. The molecule has 0 saturated heterocycles. The maximum atomic E-state index is 13.0. The lowest BCUT2D eigenvalue weighted by Gasteiger charge is -2.18. The molecule has 3 rings (SSSR count). The second-order valence-corrected chi connectivity index (χ2v) is 10.3. The van der Waals surface area contributed by atoms with Gasteiger partial charge in [0.2, 0.25) is 10.0 Å². The van der Waals surface area contributed by atoms with Gasteiger partial charge < -0.3 is 10.1 Å². The predicted octanol–water partition coefficient (Wildman–Crippen LogP) is 3.70. The topological polar surface area (TPSA) is 92.8 Å². The number of benzene rings is 2. The van der Waals surface area contributed by atoms with Crippen LogP contribution in [0.4, 0.5) is 0 Å². The molecule has 0 atom stereocenters. The number of amides is 1. The van der Waals surface area contributed by atoms with E-state index in [2.05, 4.69) is 5.32 Å². The summed E-state index contributed by atoms with van der Waals surface area (Å²) >= 11 is 7.58. The standard InChI is InChI=1S/C22H21ClN2O5S2/c1-25(14-16-6-3-2-4-7-16)32(28,29)18-9-10-20(23)19(12-18)22(27)30-15-21(26)24-13-17-8-5-11-31-17/h2-12H,13-15H2,1H3,(H,24,26). The third-order valence-corrected chi connectivity index (χ3v) is 7.49. The maximum absolute atomic E-state index is 13.0. The Balaban J connectivity index is 1.66. The Morgan fingerprint density at radius 3 is 2.53 bits per heavy atom. The van der Waals surface area contributed by atoms with Crippen molar-refractivity contribution in [2.75, 3.05) is 13.7 Å². The summed E-state index contributed by atoms with van der Waals surface area (Å²) in [5.41, 5.74) is 0.688. The molecule has 3 aromatic rings. The third kappa shape index (κ3) is 6.17. The number of thiophene rings is 1. The van der Waals surface area contributed by atoms with E-state index in [1.807, 2.05) is 47.8 Å². The van der Waals surface area contributed by atoms with Crippen LogP contribution in [-0.4, -0.2) is 38.3 Å². The number of sulfonamides is 1. The molecule has 0 radical (unpaired) electrons. The molecular formula is C22H21ClN2O5S2. The lowest BCUT2D eigenvalue weighted by molar-refractivity contribution is -0.124. The van der Waals surface area contributed by atoms with Crippen LogP contribution in [0.3, 0.4) is 0 Å². The van der Waals surface area contributed by atoms with Crippen molar-refractivity contribution in [3.05, 3.63) is 87.1 Å². The Morgan fingerprint density at radius 2 is 1.84 bits per heavy atom. The number of halogens is 1. The van der Waals surface area contributed by atoms with E-state index in [0.29, 0.717) is 6.54 Å². The molecule has 7 nitrogen and oxygen atoms in total. The zero-order chi connectivity index (χ0) is 23.1. The van der Waals surface area contributed by atoms with Crippen LogP contribution < -0.4 is 5.32 Å².